The lowest BCUT2D eigenvalue weighted by molar-refractivity contribution is -0.128. The third-order valence-corrected chi connectivity index (χ3v) is 7.39. The van der Waals surface area contributed by atoms with Crippen LogP contribution in [-0.4, -0.2) is 20.0 Å². The predicted octanol–water partition coefficient (Wildman–Crippen LogP) is 3.13. The van der Waals surface area contributed by atoms with Gasteiger partial charge in [0.25, 0.3) is 0 Å². The summed E-state index contributed by atoms with van der Waals surface area (Å²) in [7, 11) is -3.56. The van der Waals surface area contributed by atoms with Crippen molar-refractivity contribution in [2.45, 2.75) is 40.0 Å². The summed E-state index contributed by atoms with van der Waals surface area (Å²) in [4.78, 5) is 12.5. The highest BCUT2D eigenvalue weighted by Gasteiger charge is 2.65. The third-order valence-electron chi connectivity index (χ3n) is 5.99. The fourth-order valence-corrected chi connectivity index (χ4v) is 6.29. The van der Waals surface area contributed by atoms with E-state index in [-0.39, 0.29) is 17.0 Å². The largest absolute Gasteiger partial charge is 0.299 e. The first kappa shape index (κ1) is 15.5. The second-order valence-electron chi connectivity index (χ2n) is 7.34. The van der Waals surface area contributed by atoms with Crippen molar-refractivity contribution < 1.29 is 13.2 Å². The summed E-state index contributed by atoms with van der Waals surface area (Å²) in [6.45, 7) is 5.98. The van der Waals surface area contributed by atoms with Crippen LogP contribution in [0.4, 0.5) is 5.69 Å². The summed E-state index contributed by atoms with van der Waals surface area (Å²) in [6.07, 6.45) is 2.18. The molecule has 2 bridgehead atoms. The Morgan fingerprint density at radius 1 is 1.27 bits per heavy atom. The maximum atomic E-state index is 12.7. The van der Waals surface area contributed by atoms with Crippen molar-refractivity contribution in [3.63, 3.8) is 0 Å². The van der Waals surface area contributed by atoms with Gasteiger partial charge in [0.05, 0.1) is 16.9 Å². The molecule has 0 unspecified atom stereocenters. The highest BCUT2D eigenvalue weighted by Crippen LogP contribution is 2.64. The Bertz CT molecular complexity index is 723. The number of para-hydroxylation sites is 1. The van der Waals surface area contributed by atoms with E-state index in [9.17, 15) is 13.2 Å². The van der Waals surface area contributed by atoms with Gasteiger partial charge < -0.3 is 0 Å². The molecule has 0 aliphatic heterocycles. The van der Waals surface area contributed by atoms with Gasteiger partial charge in [-0.2, -0.15) is 0 Å². The topological polar surface area (TPSA) is 63.2 Å². The number of nitrogens with one attached hydrogen (secondary N) is 1. The molecule has 4 nitrogen and oxygen atoms in total. The maximum absolute atomic E-state index is 12.7. The average Bonchev–Trinajstić information content (AvgIpc) is 2.74. The molecule has 0 radical (unpaired) electrons. The quantitative estimate of drug-likeness (QED) is 0.926. The van der Waals surface area contributed by atoms with Gasteiger partial charge in [0.1, 0.15) is 5.78 Å². The van der Waals surface area contributed by atoms with E-state index in [1.54, 1.807) is 12.1 Å². The number of rotatable bonds is 4. The molecule has 2 aliphatic rings. The number of benzene rings is 1. The summed E-state index contributed by atoms with van der Waals surface area (Å²) >= 11 is 0. The lowest BCUT2D eigenvalue weighted by Crippen LogP contribution is -2.43. The molecule has 2 saturated carbocycles. The molecule has 5 heteroatoms. The first-order chi connectivity index (χ1) is 10.2. The molecule has 2 atom stereocenters. The van der Waals surface area contributed by atoms with Crippen LogP contribution < -0.4 is 4.72 Å². The zero-order valence-electron chi connectivity index (χ0n) is 13.3. The molecule has 120 valence electrons. The Hall–Kier alpha value is -1.36. The van der Waals surface area contributed by atoms with E-state index in [0.29, 0.717) is 24.4 Å². The molecule has 1 N–H and O–H groups in total. The van der Waals surface area contributed by atoms with Crippen molar-refractivity contribution in [1.82, 2.24) is 0 Å². The zero-order chi connectivity index (χ0) is 16.2. The number of Topliss-reactive ketones (excluding diaryl/α,β-unsaturated/α-hetero) is 1. The predicted molar refractivity (Wildman–Crippen MR) is 87.2 cm³/mol. The van der Waals surface area contributed by atoms with Crippen LogP contribution in [0.5, 0.6) is 0 Å². The first-order valence-corrected chi connectivity index (χ1v) is 9.43. The molecular formula is C17H23NO3S. The Kier molecular flexibility index (Phi) is 3.40. The molecule has 3 rings (SSSR count). The number of anilines is 1. The van der Waals surface area contributed by atoms with Gasteiger partial charge in [-0.1, -0.05) is 32.0 Å². The number of fused-ring (bicyclic) bond motifs is 2. The minimum absolute atomic E-state index is 0.101. The van der Waals surface area contributed by atoms with Crippen LogP contribution in [0.15, 0.2) is 24.3 Å². The lowest BCUT2D eigenvalue weighted by Gasteiger charge is -2.36. The van der Waals surface area contributed by atoms with E-state index >= 15 is 0 Å². The van der Waals surface area contributed by atoms with Crippen LogP contribution in [0.3, 0.4) is 0 Å². The monoisotopic (exact) mass is 321 g/mol. The van der Waals surface area contributed by atoms with Crippen LogP contribution in [0.25, 0.3) is 0 Å². The van der Waals surface area contributed by atoms with Gasteiger partial charge >= 0.3 is 0 Å². The second kappa shape index (κ2) is 4.82. The lowest BCUT2D eigenvalue weighted by atomic mass is 9.70. The minimum Gasteiger partial charge on any atom is -0.299 e. The summed E-state index contributed by atoms with van der Waals surface area (Å²) in [5.41, 5.74) is 0.526. The summed E-state index contributed by atoms with van der Waals surface area (Å²) in [5, 5.41) is 0. The van der Waals surface area contributed by atoms with E-state index < -0.39 is 15.4 Å². The highest BCUT2D eigenvalue weighted by atomic mass is 32.2. The Morgan fingerprint density at radius 2 is 1.95 bits per heavy atom. The van der Waals surface area contributed by atoms with Crippen molar-refractivity contribution in [3.8, 4) is 0 Å². The summed E-state index contributed by atoms with van der Waals surface area (Å²) in [5.74, 6) is 0.356. The van der Waals surface area contributed by atoms with E-state index in [2.05, 4.69) is 18.6 Å². The smallest absolute Gasteiger partial charge is 0.233 e. The normalized spacial score (nSPS) is 29.8. The van der Waals surface area contributed by atoms with Crippen LogP contribution in [0.1, 0.15) is 38.7 Å². The van der Waals surface area contributed by atoms with E-state index in [4.69, 9.17) is 0 Å². The van der Waals surface area contributed by atoms with Gasteiger partial charge in [-0.05, 0) is 42.7 Å². The van der Waals surface area contributed by atoms with Gasteiger partial charge in [0, 0.05) is 6.42 Å². The molecule has 0 heterocycles. The molecule has 0 amide bonds. The summed E-state index contributed by atoms with van der Waals surface area (Å²) in [6, 6.07) is 7.30. The number of sulfonamides is 1. The summed E-state index contributed by atoms with van der Waals surface area (Å²) < 4.78 is 28.0. The van der Waals surface area contributed by atoms with E-state index in [1.807, 2.05) is 19.1 Å². The molecule has 22 heavy (non-hydrogen) atoms. The molecule has 1 aromatic carbocycles. The molecule has 0 aromatic heterocycles. The molecule has 0 spiro atoms. The van der Waals surface area contributed by atoms with Gasteiger partial charge in [0.2, 0.25) is 10.0 Å². The molecule has 0 saturated heterocycles. The Labute approximate surface area is 132 Å². The Balaban J connectivity index is 1.89. The van der Waals surface area contributed by atoms with Gasteiger partial charge in [-0.25, -0.2) is 8.42 Å². The fraction of sp³-hybridized carbons (Fsp3) is 0.588. The van der Waals surface area contributed by atoms with Crippen molar-refractivity contribution >= 4 is 21.5 Å². The van der Waals surface area contributed by atoms with Crippen LogP contribution in [-0.2, 0) is 14.8 Å². The van der Waals surface area contributed by atoms with Crippen molar-refractivity contribution in [3.05, 3.63) is 29.8 Å². The van der Waals surface area contributed by atoms with Crippen molar-refractivity contribution in [2.75, 3.05) is 10.5 Å². The molecule has 2 aliphatic carbocycles. The minimum atomic E-state index is -3.56. The number of ketones is 1. The fourth-order valence-electron chi connectivity index (χ4n) is 4.32. The van der Waals surface area contributed by atoms with E-state index in [1.165, 1.54) is 0 Å². The number of hydrogen-bond donors (Lipinski definition) is 1. The Morgan fingerprint density at radius 3 is 2.50 bits per heavy atom. The number of hydrogen-bond acceptors (Lipinski definition) is 3. The van der Waals surface area contributed by atoms with Gasteiger partial charge in [0.15, 0.2) is 0 Å². The maximum Gasteiger partial charge on any atom is 0.233 e. The number of aryl methyl sites for hydroxylation is 1. The standard InChI is InChI=1S/C17H23NO3S/c1-12-6-4-5-7-14(12)18-22(20,21)11-17-9-8-13(10-15(17)19)16(17,2)3/h4-7,13,18H,8-11H2,1-3H3/t13-,17-/m1/s1. The third kappa shape index (κ3) is 2.18. The molecule has 2 fully saturated rings. The molecule has 1 aromatic rings. The number of carbonyl (C=O) groups excluding carboxylic acids is 1. The van der Waals surface area contributed by atoms with Crippen LogP contribution >= 0.6 is 0 Å². The number of carbonyl (C=O) groups is 1. The SMILES string of the molecule is Cc1ccccc1NS(=O)(=O)C[C@]12CC[C@H](CC1=O)C2(C)C. The zero-order valence-corrected chi connectivity index (χ0v) is 14.2. The van der Waals surface area contributed by atoms with Gasteiger partial charge in [-0.15, -0.1) is 0 Å². The molecular weight excluding hydrogens is 298 g/mol. The van der Waals surface area contributed by atoms with Crippen molar-refractivity contribution in [1.29, 1.82) is 0 Å². The average molecular weight is 321 g/mol. The highest BCUT2D eigenvalue weighted by molar-refractivity contribution is 7.92. The second-order valence-corrected chi connectivity index (χ2v) is 9.07. The van der Waals surface area contributed by atoms with Crippen LogP contribution in [0.2, 0.25) is 0 Å². The van der Waals surface area contributed by atoms with E-state index in [0.717, 1.165) is 12.0 Å². The van der Waals surface area contributed by atoms with Gasteiger partial charge in [-0.3, -0.25) is 9.52 Å². The first-order valence-electron chi connectivity index (χ1n) is 7.77. The van der Waals surface area contributed by atoms with Crippen molar-refractivity contribution in [2.24, 2.45) is 16.7 Å². The van der Waals surface area contributed by atoms with Crippen LogP contribution in [0, 0.1) is 23.7 Å².